The Morgan fingerprint density at radius 3 is 2.45 bits per heavy atom. The van der Waals surface area contributed by atoms with Gasteiger partial charge < -0.3 is 5.11 Å². The van der Waals surface area contributed by atoms with Gasteiger partial charge in [-0.1, -0.05) is 13.8 Å². The van der Waals surface area contributed by atoms with Gasteiger partial charge in [0.15, 0.2) is 5.78 Å². The number of rotatable bonds is 1. The first-order chi connectivity index (χ1) is 4.96. The monoisotopic (exact) mass is 157 g/mol. The second-order valence-corrected chi connectivity index (χ2v) is 3.30. The highest BCUT2D eigenvalue weighted by Gasteiger charge is 2.45. The molecular formula is C7H11NO3. The predicted molar refractivity (Wildman–Crippen MR) is 38.2 cm³/mol. The van der Waals surface area contributed by atoms with Gasteiger partial charge in [-0.3, -0.25) is 14.9 Å². The zero-order valence-electron chi connectivity index (χ0n) is 6.55. The minimum Gasteiger partial charge on any atom is -0.480 e. The number of carboxylic acid groups (broad SMARTS) is 1. The van der Waals surface area contributed by atoms with E-state index in [1.807, 2.05) is 0 Å². The zero-order chi connectivity index (χ0) is 8.65. The fourth-order valence-electron chi connectivity index (χ4n) is 1.23. The number of ketones is 1. The third-order valence-corrected chi connectivity index (χ3v) is 2.15. The van der Waals surface area contributed by atoms with Gasteiger partial charge >= 0.3 is 5.97 Å². The van der Waals surface area contributed by atoms with E-state index in [-0.39, 0.29) is 12.3 Å². The molecule has 0 saturated carbocycles. The van der Waals surface area contributed by atoms with Crippen LogP contribution in [0.4, 0.5) is 0 Å². The Bertz CT molecular complexity index is 210. The highest BCUT2D eigenvalue weighted by molar-refractivity contribution is 5.95. The van der Waals surface area contributed by atoms with E-state index >= 15 is 0 Å². The number of hydrogen-bond acceptors (Lipinski definition) is 3. The lowest BCUT2D eigenvalue weighted by Gasteiger charge is -2.20. The van der Waals surface area contributed by atoms with Crippen LogP contribution in [0, 0.1) is 5.41 Å². The number of hydrogen-bond donors (Lipinski definition) is 2. The molecule has 4 nitrogen and oxygen atoms in total. The number of nitrogens with one attached hydrogen (secondary N) is 1. The van der Waals surface area contributed by atoms with Gasteiger partial charge in [0.1, 0.15) is 6.04 Å². The summed E-state index contributed by atoms with van der Waals surface area (Å²) < 4.78 is 0. The molecule has 0 aromatic rings. The Morgan fingerprint density at radius 2 is 2.27 bits per heavy atom. The number of carboxylic acids is 1. The summed E-state index contributed by atoms with van der Waals surface area (Å²) in [6.07, 6.45) is 0. The van der Waals surface area contributed by atoms with Gasteiger partial charge in [-0.15, -0.1) is 0 Å². The van der Waals surface area contributed by atoms with Crippen molar-refractivity contribution < 1.29 is 14.7 Å². The molecule has 0 bridgehead atoms. The lowest BCUT2D eigenvalue weighted by Crippen LogP contribution is -2.41. The molecule has 1 heterocycles. The summed E-state index contributed by atoms with van der Waals surface area (Å²) in [7, 11) is 0. The molecule has 0 unspecified atom stereocenters. The first kappa shape index (κ1) is 8.20. The maximum atomic E-state index is 11.1. The first-order valence-corrected chi connectivity index (χ1v) is 3.45. The molecule has 1 fully saturated rings. The molecule has 1 atom stereocenters. The molecule has 62 valence electrons. The van der Waals surface area contributed by atoms with Crippen LogP contribution in [0.25, 0.3) is 0 Å². The quantitative estimate of drug-likeness (QED) is 0.545. The van der Waals surface area contributed by atoms with Gasteiger partial charge in [-0.25, -0.2) is 0 Å². The maximum Gasteiger partial charge on any atom is 0.321 e. The van der Waals surface area contributed by atoms with Crippen molar-refractivity contribution >= 4 is 11.8 Å². The maximum absolute atomic E-state index is 11.1. The van der Waals surface area contributed by atoms with Crippen molar-refractivity contribution in [2.24, 2.45) is 5.41 Å². The summed E-state index contributed by atoms with van der Waals surface area (Å²) in [6, 6.07) is -0.727. The average Bonchev–Trinajstić information content (AvgIpc) is 2.08. The third-order valence-electron chi connectivity index (χ3n) is 2.15. The van der Waals surface area contributed by atoms with Crippen LogP contribution in [0.5, 0.6) is 0 Å². The lowest BCUT2D eigenvalue weighted by molar-refractivity contribution is -0.143. The minimum absolute atomic E-state index is 0.0371. The second-order valence-electron chi connectivity index (χ2n) is 3.30. The Kier molecular flexibility index (Phi) is 1.72. The van der Waals surface area contributed by atoms with E-state index in [1.165, 1.54) is 0 Å². The SMILES string of the molecule is CC1(C)C(=O)CN[C@@H]1C(=O)O. The van der Waals surface area contributed by atoms with Crippen molar-refractivity contribution in [1.82, 2.24) is 5.32 Å². The Labute approximate surface area is 64.6 Å². The molecule has 0 aromatic carbocycles. The van der Waals surface area contributed by atoms with Crippen LogP contribution in [0.2, 0.25) is 0 Å². The molecular weight excluding hydrogens is 146 g/mol. The molecule has 0 amide bonds. The van der Waals surface area contributed by atoms with Crippen molar-refractivity contribution in [3.63, 3.8) is 0 Å². The molecule has 2 N–H and O–H groups in total. The molecule has 0 spiro atoms. The summed E-state index contributed by atoms with van der Waals surface area (Å²) in [5.41, 5.74) is -0.758. The summed E-state index contributed by atoms with van der Waals surface area (Å²) in [6.45, 7) is 3.46. The molecule has 1 aliphatic heterocycles. The van der Waals surface area contributed by atoms with Gasteiger partial charge in [0.05, 0.1) is 12.0 Å². The highest BCUT2D eigenvalue weighted by Crippen LogP contribution is 2.26. The third kappa shape index (κ3) is 1.14. The second kappa shape index (κ2) is 2.30. The van der Waals surface area contributed by atoms with Crippen LogP contribution < -0.4 is 5.32 Å². The van der Waals surface area contributed by atoms with Crippen molar-refractivity contribution in [3.05, 3.63) is 0 Å². The first-order valence-electron chi connectivity index (χ1n) is 3.45. The number of aliphatic carboxylic acids is 1. The fraction of sp³-hybridized carbons (Fsp3) is 0.714. The van der Waals surface area contributed by atoms with Crippen molar-refractivity contribution in [1.29, 1.82) is 0 Å². The van der Waals surface area contributed by atoms with E-state index in [2.05, 4.69) is 5.32 Å². The summed E-state index contributed by atoms with van der Waals surface area (Å²) in [5, 5.41) is 11.3. The fourth-order valence-corrected chi connectivity index (χ4v) is 1.23. The molecule has 1 saturated heterocycles. The van der Waals surface area contributed by atoms with E-state index in [9.17, 15) is 9.59 Å². The molecule has 1 aliphatic rings. The van der Waals surface area contributed by atoms with E-state index in [0.717, 1.165) is 0 Å². The minimum atomic E-state index is -0.958. The van der Waals surface area contributed by atoms with Gasteiger partial charge in [-0.05, 0) is 0 Å². The molecule has 0 radical (unpaired) electrons. The number of Topliss-reactive ketones (excluding diaryl/α,β-unsaturated/α-hetero) is 1. The van der Waals surface area contributed by atoms with Gasteiger partial charge in [-0.2, -0.15) is 0 Å². The molecule has 1 rings (SSSR count). The highest BCUT2D eigenvalue weighted by atomic mass is 16.4. The van der Waals surface area contributed by atoms with Crippen LogP contribution in [0.15, 0.2) is 0 Å². The van der Waals surface area contributed by atoms with Gasteiger partial charge in [0.25, 0.3) is 0 Å². The summed E-state index contributed by atoms with van der Waals surface area (Å²) in [4.78, 5) is 21.6. The smallest absolute Gasteiger partial charge is 0.321 e. The van der Waals surface area contributed by atoms with Crippen molar-refractivity contribution in [3.8, 4) is 0 Å². The van der Waals surface area contributed by atoms with Crippen LogP contribution in [0.3, 0.4) is 0 Å². The van der Waals surface area contributed by atoms with Crippen molar-refractivity contribution in [2.45, 2.75) is 19.9 Å². The largest absolute Gasteiger partial charge is 0.480 e. The van der Waals surface area contributed by atoms with E-state index in [1.54, 1.807) is 13.8 Å². The van der Waals surface area contributed by atoms with Gasteiger partial charge in [0.2, 0.25) is 0 Å². The molecule has 11 heavy (non-hydrogen) atoms. The molecule has 0 aliphatic carbocycles. The normalized spacial score (nSPS) is 28.9. The Balaban J connectivity index is 2.87. The zero-order valence-corrected chi connectivity index (χ0v) is 6.55. The Hall–Kier alpha value is -0.900. The molecule has 4 heteroatoms. The summed E-state index contributed by atoms with van der Waals surface area (Å²) in [5.74, 6) is -0.995. The van der Waals surface area contributed by atoms with Crippen LogP contribution >= 0.6 is 0 Å². The van der Waals surface area contributed by atoms with Gasteiger partial charge in [0, 0.05) is 0 Å². The predicted octanol–water partition coefficient (Wildman–Crippen LogP) is -0.362. The number of carbonyl (C=O) groups is 2. The summed E-state index contributed by atoms with van der Waals surface area (Å²) >= 11 is 0. The topological polar surface area (TPSA) is 66.4 Å². The standard InChI is InChI=1S/C7H11NO3/c1-7(2)4(9)3-8-5(7)6(10)11/h5,8H,3H2,1-2H3,(H,10,11)/t5-/m1/s1. The van der Waals surface area contributed by atoms with E-state index < -0.39 is 17.4 Å². The van der Waals surface area contributed by atoms with Crippen LogP contribution in [-0.2, 0) is 9.59 Å². The number of carbonyl (C=O) groups excluding carboxylic acids is 1. The lowest BCUT2D eigenvalue weighted by atomic mass is 9.84. The van der Waals surface area contributed by atoms with Crippen LogP contribution in [0.1, 0.15) is 13.8 Å². The van der Waals surface area contributed by atoms with Crippen molar-refractivity contribution in [2.75, 3.05) is 6.54 Å². The van der Waals surface area contributed by atoms with E-state index in [4.69, 9.17) is 5.11 Å². The average molecular weight is 157 g/mol. The van der Waals surface area contributed by atoms with Crippen LogP contribution in [-0.4, -0.2) is 29.4 Å². The van der Waals surface area contributed by atoms with E-state index in [0.29, 0.717) is 0 Å². The Morgan fingerprint density at radius 1 is 1.73 bits per heavy atom. The molecule has 0 aromatic heterocycles.